The van der Waals surface area contributed by atoms with Crippen LogP contribution >= 0.6 is 0 Å². The molecule has 1 aromatic carbocycles. The molecule has 0 bridgehead atoms. The molecule has 9 heteroatoms. The lowest BCUT2D eigenvalue weighted by Gasteiger charge is -2.32. The normalized spacial score (nSPS) is 15.8. The number of nitrogens with one attached hydrogen (secondary N) is 1. The molecule has 2 heterocycles. The zero-order chi connectivity index (χ0) is 18.7. The van der Waals surface area contributed by atoms with E-state index in [0.29, 0.717) is 13.1 Å². The summed E-state index contributed by atoms with van der Waals surface area (Å²) < 4.78 is 39.1. The van der Waals surface area contributed by atoms with Gasteiger partial charge in [-0.1, -0.05) is 12.1 Å². The lowest BCUT2D eigenvalue weighted by Crippen LogP contribution is -2.47. The van der Waals surface area contributed by atoms with Crippen LogP contribution in [0.2, 0.25) is 0 Å². The zero-order valence-corrected chi connectivity index (χ0v) is 14.1. The predicted octanol–water partition coefficient (Wildman–Crippen LogP) is 2.63. The van der Waals surface area contributed by atoms with Crippen molar-refractivity contribution in [3.8, 4) is 0 Å². The molecular formula is C17H18F3N5O. The van der Waals surface area contributed by atoms with Crippen LogP contribution in [0.25, 0.3) is 0 Å². The Labute approximate surface area is 148 Å². The van der Waals surface area contributed by atoms with Crippen LogP contribution in [-0.4, -0.2) is 59.1 Å². The first-order valence-electron chi connectivity index (χ1n) is 8.09. The zero-order valence-electron chi connectivity index (χ0n) is 14.1. The highest BCUT2D eigenvalue weighted by atomic mass is 19.4. The van der Waals surface area contributed by atoms with Crippen LogP contribution in [0.1, 0.15) is 16.1 Å². The third kappa shape index (κ3) is 4.10. The maximum absolute atomic E-state index is 13.0. The molecule has 0 spiro atoms. The number of nitrogens with zero attached hydrogens (tertiary/aromatic N) is 4. The molecule has 26 heavy (non-hydrogen) atoms. The quantitative estimate of drug-likeness (QED) is 0.906. The molecule has 1 fully saturated rings. The Kier molecular flexibility index (Phi) is 5.08. The van der Waals surface area contributed by atoms with Crippen LogP contribution in [-0.2, 0) is 6.18 Å². The second-order valence-electron chi connectivity index (χ2n) is 6.07. The largest absolute Gasteiger partial charge is 0.418 e. The predicted molar refractivity (Wildman–Crippen MR) is 90.2 cm³/mol. The Hall–Kier alpha value is -2.68. The molecule has 1 amide bonds. The van der Waals surface area contributed by atoms with Gasteiger partial charge in [-0.25, -0.2) is 0 Å². The molecule has 0 radical (unpaired) electrons. The molecule has 1 aliphatic heterocycles. The Morgan fingerprint density at radius 2 is 1.73 bits per heavy atom. The van der Waals surface area contributed by atoms with Crippen LogP contribution < -0.4 is 5.32 Å². The van der Waals surface area contributed by atoms with E-state index in [9.17, 15) is 18.0 Å². The number of alkyl halides is 3. The summed E-state index contributed by atoms with van der Waals surface area (Å²) in [5.41, 5.74) is -0.740. The van der Waals surface area contributed by atoms with E-state index in [1.165, 1.54) is 30.3 Å². The van der Waals surface area contributed by atoms with Gasteiger partial charge in [-0.2, -0.15) is 13.2 Å². The number of hydrogen-bond donors (Lipinski definition) is 1. The van der Waals surface area contributed by atoms with Gasteiger partial charge in [-0.15, -0.1) is 10.2 Å². The minimum absolute atomic E-state index is 0.118. The van der Waals surface area contributed by atoms with Crippen LogP contribution in [0.4, 0.5) is 24.7 Å². The SMILES string of the molecule is CN1CCN(C(=O)c2ccc(Nc3ccccc3C(F)(F)F)nn2)CC1. The average Bonchev–Trinajstić information content (AvgIpc) is 2.62. The number of aromatic nitrogens is 2. The lowest BCUT2D eigenvalue weighted by molar-refractivity contribution is -0.136. The number of benzene rings is 1. The molecule has 1 N–H and O–H groups in total. The number of halogens is 3. The van der Waals surface area contributed by atoms with Crippen LogP contribution in [0.15, 0.2) is 36.4 Å². The monoisotopic (exact) mass is 365 g/mol. The van der Waals surface area contributed by atoms with Crippen molar-refractivity contribution in [2.24, 2.45) is 0 Å². The van der Waals surface area contributed by atoms with Crippen molar-refractivity contribution in [3.63, 3.8) is 0 Å². The third-order valence-corrected chi connectivity index (χ3v) is 4.17. The molecule has 0 atom stereocenters. The van der Waals surface area contributed by atoms with Gasteiger partial charge in [0.05, 0.1) is 11.3 Å². The molecule has 2 aromatic rings. The number of carbonyl (C=O) groups is 1. The second kappa shape index (κ2) is 7.28. The van der Waals surface area contributed by atoms with Gasteiger partial charge in [0.15, 0.2) is 11.5 Å². The van der Waals surface area contributed by atoms with Crippen molar-refractivity contribution < 1.29 is 18.0 Å². The highest BCUT2D eigenvalue weighted by molar-refractivity contribution is 5.92. The van der Waals surface area contributed by atoms with Gasteiger partial charge in [0, 0.05) is 26.2 Å². The molecular weight excluding hydrogens is 347 g/mol. The summed E-state index contributed by atoms with van der Waals surface area (Å²) in [6.45, 7) is 2.78. The van der Waals surface area contributed by atoms with E-state index in [0.717, 1.165) is 19.2 Å². The minimum atomic E-state index is -4.48. The number of para-hydroxylation sites is 1. The first kappa shape index (κ1) is 18.1. The Balaban J connectivity index is 1.72. The van der Waals surface area contributed by atoms with Gasteiger partial charge < -0.3 is 15.1 Å². The van der Waals surface area contributed by atoms with Crippen LogP contribution in [0, 0.1) is 0 Å². The van der Waals surface area contributed by atoms with E-state index in [1.807, 2.05) is 7.05 Å². The standard InChI is InChI=1S/C17H18F3N5O/c1-24-8-10-25(11-9-24)16(26)14-6-7-15(23-22-14)21-13-5-3-2-4-12(13)17(18,19)20/h2-7H,8-11H2,1H3,(H,21,23). The summed E-state index contributed by atoms with van der Waals surface area (Å²) in [5, 5.41) is 10.3. The van der Waals surface area contributed by atoms with Crippen molar-refractivity contribution in [1.29, 1.82) is 0 Å². The fourth-order valence-corrected chi connectivity index (χ4v) is 2.66. The summed E-state index contributed by atoms with van der Waals surface area (Å²) in [5.74, 6) is -0.0931. The Bertz CT molecular complexity index is 771. The fraction of sp³-hybridized carbons (Fsp3) is 0.353. The second-order valence-corrected chi connectivity index (χ2v) is 6.07. The molecule has 0 unspecified atom stereocenters. The molecule has 1 aromatic heterocycles. The molecule has 0 aliphatic carbocycles. The topological polar surface area (TPSA) is 61.4 Å². The number of likely N-dealkylation sites (N-methyl/N-ethyl adjacent to an activating group) is 1. The highest BCUT2D eigenvalue weighted by Gasteiger charge is 2.33. The van der Waals surface area contributed by atoms with Gasteiger partial charge in [-0.3, -0.25) is 4.79 Å². The maximum atomic E-state index is 13.0. The van der Waals surface area contributed by atoms with Gasteiger partial charge in [0.25, 0.3) is 5.91 Å². The summed E-state index contributed by atoms with van der Waals surface area (Å²) in [7, 11) is 1.99. The van der Waals surface area contributed by atoms with E-state index in [-0.39, 0.29) is 23.1 Å². The minimum Gasteiger partial charge on any atom is -0.338 e. The fourth-order valence-electron chi connectivity index (χ4n) is 2.66. The van der Waals surface area contributed by atoms with E-state index >= 15 is 0 Å². The number of hydrogen-bond acceptors (Lipinski definition) is 5. The van der Waals surface area contributed by atoms with Crippen molar-refractivity contribution >= 4 is 17.4 Å². The van der Waals surface area contributed by atoms with Gasteiger partial charge >= 0.3 is 6.18 Å². The Morgan fingerprint density at radius 1 is 1.04 bits per heavy atom. The molecule has 3 rings (SSSR count). The molecule has 1 saturated heterocycles. The molecule has 6 nitrogen and oxygen atoms in total. The number of piperazine rings is 1. The van der Waals surface area contributed by atoms with E-state index in [2.05, 4.69) is 20.4 Å². The van der Waals surface area contributed by atoms with Gasteiger partial charge in [-0.05, 0) is 31.3 Å². The molecule has 138 valence electrons. The molecule has 1 aliphatic rings. The van der Waals surface area contributed by atoms with Crippen LogP contribution in [0.5, 0.6) is 0 Å². The van der Waals surface area contributed by atoms with E-state index < -0.39 is 11.7 Å². The summed E-state index contributed by atoms with van der Waals surface area (Å²) >= 11 is 0. The van der Waals surface area contributed by atoms with Gasteiger partial charge in [0.1, 0.15) is 0 Å². The van der Waals surface area contributed by atoms with Crippen molar-refractivity contribution in [3.05, 3.63) is 47.7 Å². The van der Waals surface area contributed by atoms with Crippen molar-refractivity contribution in [1.82, 2.24) is 20.0 Å². The number of carbonyl (C=O) groups excluding carboxylic acids is 1. The maximum Gasteiger partial charge on any atom is 0.418 e. The number of amides is 1. The third-order valence-electron chi connectivity index (χ3n) is 4.17. The summed E-state index contributed by atoms with van der Waals surface area (Å²) in [6, 6.07) is 8.03. The van der Waals surface area contributed by atoms with Crippen LogP contribution in [0.3, 0.4) is 0 Å². The van der Waals surface area contributed by atoms with E-state index in [1.54, 1.807) is 4.90 Å². The first-order valence-corrected chi connectivity index (χ1v) is 8.09. The number of rotatable bonds is 3. The molecule has 0 saturated carbocycles. The lowest BCUT2D eigenvalue weighted by atomic mass is 10.1. The van der Waals surface area contributed by atoms with E-state index in [4.69, 9.17) is 0 Å². The first-order chi connectivity index (χ1) is 12.3. The van der Waals surface area contributed by atoms with Crippen molar-refractivity contribution in [2.45, 2.75) is 6.18 Å². The highest BCUT2D eigenvalue weighted by Crippen LogP contribution is 2.35. The summed E-state index contributed by atoms with van der Waals surface area (Å²) in [6.07, 6.45) is -4.48. The Morgan fingerprint density at radius 3 is 2.35 bits per heavy atom. The summed E-state index contributed by atoms with van der Waals surface area (Å²) in [4.78, 5) is 16.2. The average molecular weight is 365 g/mol. The van der Waals surface area contributed by atoms with Gasteiger partial charge in [0.2, 0.25) is 0 Å². The van der Waals surface area contributed by atoms with Crippen molar-refractivity contribution in [2.75, 3.05) is 38.5 Å². The smallest absolute Gasteiger partial charge is 0.338 e. The number of anilines is 2.